The van der Waals surface area contributed by atoms with Gasteiger partial charge >= 0.3 is 6.09 Å². The number of thioether (sulfide) groups is 1. The van der Waals surface area contributed by atoms with Gasteiger partial charge in [0.25, 0.3) is 5.91 Å². The molecule has 2 aliphatic rings. The first-order valence-electron chi connectivity index (χ1n) is 9.46. The van der Waals surface area contributed by atoms with Crippen LogP contribution in [0.15, 0.2) is 40.1 Å². The molecule has 162 valence electrons. The third kappa shape index (κ3) is 5.47. The lowest BCUT2D eigenvalue weighted by Crippen LogP contribution is -2.37. The van der Waals surface area contributed by atoms with Crippen molar-refractivity contribution in [2.45, 2.75) is 13.0 Å². The van der Waals surface area contributed by atoms with Crippen molar-refractivity contribution >= 4 is 46.7 Å². The van der Waals surface area contributed by atoms with Crippen molar-refractivity contribution in [2.75, 3.05) is 49.2 Å². The van der Waals surface area contributed by atoms with Crippen molar-refractivity contribution in [3.63, 3.8) is 0 Å². The molecule has 7 nitrogen and oxygen atoms in total. The Kier molecular flexibility index (Phi) is 7.63. The Bertz CT molecular complexity index is 860. The maximum atomic E-state index is 14.6. The molecule has 1 aromatic rings. The van der Waals surface area contributed by atoms with E-state index in [-0.39, 0.29) is 18.0 Å². The minimum absolute atomic E-state index is 0.114. The summed E-state index contributed by atoms with van der Waals surface area (Å²) in [4.78, 5) is 27.8. The van der Waals surface area contributed by atoms with Crippen LogP contribution in [0.5, 0.6) is 0 Å². The van der Waals surface area contributed by atoms with Crippen LogP contribution in [0.25, 0.3) is 0 Å². The van der Waals surface area contributed by atoms with Crippen LogP contribution in [0.4, 0.5) is 20.6 Å². The molecule has 10 heteroatoms. The Hall–Kier alpha value is -2.23. The summed E-state index contributed by atoms with van der Waals surface area (Å²) in [5, 5.41) is 2.67. The summed E-state index contributed by atoms with van der Waals surface area (Å²) in [6.07, 6.45) is 0.515. The average Bonchev–Trinajstić information content (AvgIpc) is 3.12. The van der Waals surface area contributed by atoms with E-state index in [0.717, 1.165) is 11.8 Å². The van der Waals surface area contributed by atoms with E-state index < -0.39 is 23.9 Å². The predicted octanol–water partition coefficient (Wildman–Crippen LogP) is 3.45. The van der Waals surface area contributed by atoms with Gasteiger partial charge in [-0.1, -0.05) is 36.0 Å². The third-order valence-electron chi connectivity index (χ3n) is 4.66. The lowest BCUT2D eigenvalue weighted by molar-refractivity contribution is -0.117. The minimum Gasteiger partial charge on any atom is -0.442 e. The Morgan fingerprint density at radius 2 is 2.17 bits per heavy atom. The summed E-state index contributed by atoms with van der Waals surface area (Å²) < 4.78 is 25.7. The molecule has 1 N–H and O–H groups in total. The van der Waals surface area contributed by atoms with Gasteiger partial charge in [-0.3, -0.25) is 9.69 Å². The van der Waals surface area contributed by atoms with E-state index in [9.17, 15) is 14.0 Å². The Morgan fingerprint density at radius 3 is 2.83 bits per heavy atom. The second-order valence-corrected chi connectivity index (χ2v) is 8.45. The van der Waals surface area contributed by atoms with Gasteiger partial charge in [0.15, 0.2) is 0 Å². The molecule has 0 aromatic heterocycles. The fraction of sp³-hybridized carbons (Fsp3) is 0.400. The molecule has 0 radical (unpaired) electrons. The highest BCUT2D eigenvalue weighted by Crippen LogP contribution is 2.29. The number of hydrogen-bond acceptors (Lipinski definition) is 6. The maximum Gasteiger partial charge on any atom is 0.414 e. The zero-order valence-corrected chi connectivity index (χ0v) is 18.1. The molecule has 0 aliphatic carbocycles. The van der Waals surface area contributed by atoms with Gasteiger partial charge < -0.3 is 19.7 Å². The predicted molar refractivity (Wildman–Crippen MR) is 116 cm³/mol. The molecule has 2 aliphatic heterocycles. The van der Waals surface area contributed by atoms with E-state index in [2.05, 4.69) is 11.9 Å². The number of carbonyl (C=O) groups excluding carboxylic acids is 2. The van der Waals surface area contributed by atoms with Gasteiger partial charge in [-0.25, -0.2) is 9.18 Å². The quantitative estimate of drug-likeness (QED) is 0.635. The fourth-order valence-corrected chi connectivity index (χ4v) is 3.89. The molecular weight excluding hydrogens is 433 g/mol. The van der Waals surface area contributed by atoms with Gasteiger partial charge in [0.2, 0.25) is 0 Å². The highest BCUT2D eigenvalue weighted by Gasteiger charge is 2.33. The van der Waals surface area contributed by atoms with E-state index >= 15 is 0 Å². The number of benzene rings is 1. The number of halogens is 2. The number of morpholine rings is 1. The topological polar surface area (TPSA) is 71.1 Å². The Morgan fingerprint density at radius 1 is 1.43 bits per heavy atom. The van der Waals surface area contributed by atoms with Crippen molar-refractivity contribution in [3.8, 4) is 0 Å². The first-order valence-corrected chi connectivity index (χ1v) is 10.7. The molecule has 0 spiro atoms. The minimum atomic E-state index is -0.585. The fourth-order valence-electron chi connectivity index (χ4n) is 3.09. The Labute approximate surface area is 183 Å². The van der Waals surface area contributed by atoms with Crippen LogP contribution in [0, 0.1) is 5.82 Å². The van der Waals surface area contributed by atoms with Gasteiger partial charge in [-0.05, 0) is 25.1 Å². The summed E-state index contributed by atoms with van der Waals surface area (Å²) in [5.74, 6) is -0.802. The number of nitrogens with one attached hydrogen (secondary N) is 1. The van der Waals surface area contributed by atoms with Crippen molar-refractivity contribution in [1.82, 2.24) is 5.32 Å². The van der Waals surface area contributed by atoms with Crippen LogP contribution >= 0.6 is 23.4 Å². The van der Waals surface area contributed by atoms with Crippen LogP contribution in [-0.4, -0.2) is 57.5 Å². The van der Waals surface area contributed by atoms with Gasteiger partial charge in [-0.2, -0.15) is 0 Å². The number of hydrogen-bond donors (Lipinski definition) is 1. The molecule has 0 bridgehead atoms. The maximum absolute atomic E-state index is 14.6. The third-order valence-corrected chi connectivity index (χ3v) is 5.97. The summed E-state index contributed by atoms with van der Waals surface area (Å²) >= 11 is 6.93. The van der Waals surface area contributed by atoms with Crippen molar-refractivity contribution in [2.24, 2.45) is 0 Å². The Balaban J connectivity index is 1.57. The number of nitrogens with zero attached hydrogens (tertiary/aromatic N) is 2. The first kappa shape index (κ1) is 22.5. The molecule has 1 atom stereocenters. The van der Waals surface area contributed by atoms with E-state index in [4.69, 9.17) is 21.1 Å². The van der Waals surface area contributed by atoms with E-state index in [1.54, 1.807) is 25.1 Å². The van der Waals surface area contributed by atoms with Gasteiger partial charge in [0.05, 0.1) is 46.9 Å². The number of rotatable bonds is 7. The molecule has 0 saturated carbocycles. The van der Waals surface area contributed by atoms with Crippen molar-refractivity contribution in [3.05, 3.63) is 45.9 Å². The van der Waals surface area contributed by atoms with Crippen molar-refractivity contribution in [1.29, 1.82) is 0 Å². The zero-order chi connectivity index (χ0) is 21.7. The molecule has 2 amide bonds. The monoisotopic (exact) mass is 455 g/mol. The van der Waals surface area contributed by atoms with Crippen molar-refractivity contribution < 1.29 is 23.5 Å². The summed E-state index contributed by atoms with van der Waals surface area (Å²) in [7, 11) is 0. The van der Waals surface area contributed by atoms with Crippen LogP contribution < -0.4 is 15.1 Å². The highest BCUT2D eigenvalue weighted by molar-refractivity contribution is 8.08. The SMILES string of the molecule is C=C(S/C(Cl)=C\C)C(=O)NC[C@H]1CN(c2ccc(N3CCOCC3)c(F)c2)C(=O)O1. The summed E-state index contributed by atoms with van der Waals surface area (Å²) in [5.41, 5.74) is 0.886. The van der Waals surface area contributed by atoms with Gasteiger partial charge in [0, 0.05) is 13.1 Å². The molecule has 2 fully saturated rings. The number of amides is 2. The molecule has 1 aromatic carbocycles. The van der Waals surface area contributed by atoms with Crippen LogP contribution in [0.2, 0.25) is 0 Å². The number of ether oxygens (including phenoxy) is 2. The molecule has 0 unspecified atom stereocenters. The molecule has 2 saturated heterocycles. The highest BCUT2D eigenvalue weighted by atomic mass is 35.5. The normalized spacial score (nSPS) is 19.6. The van der Waals surface area contributed by atoms with Crippen LogP contribution in [0.3, 0.4) is 0 Å². The number of cyclic esters (lactones) is 1. The molecule has 30 heavy (non-hydrogen) atoms. The lowest BCUT2D eigenvalue weighted by Gasteiger charge is -2.29. The zero-order valence-electron chi connectivity index (χ0n) is 16.5. The van der Waals surface area contributed by atoms with E-state index in [1.165, 1.54) is 11.0 Å². The second-order valence-electron chi connectivity index (χ2n) is 6.68. The summed E-state index contributed by atoms with van der Waals surface area (Å²) in [6, 6.07) is 4.67. The van der Waals surface area contributed by atoms with Gasteiger partial charge in [0.1, 0.15) is 11.9 Å². The van der Waals surface area contributed by atoms with Crippen LogP contribution in [0.1, 0.15) is 6.92 Å². The van der Waals surface area contributed by atoms with Crippen LogP contribution in [-0.2, 0) is 14.3 Å². The standard InChI is InChI=1S/C20H23ClFN3O4S/c1-3-18(21)30-13(2)19(26)23-11-15-12-25(20(27)29-15)14-4-5-17(16(22)10-14)24-6-8-28-9-7-24/h3-5,10,15H,2,6-9,11-12H2,1H3,(H,23,26)/b18-3-/t15-/m0/s1. The molecule has 3 rings (SSSR count). The number of carbonyl (C=O) groups is 2. The smallest absolute Gasteiger partial charge is 0.414 e. The number of allylic oxidation sites excluding steroid dienone is 1. The largest absolute Gasteiger partial charge is 0.442 e. The summed E-state index contributed by atoms with van der Waals surface area (Å²) in [6.45, 7) is 8.09. The molecular formula is C20H23ClFN3O4S. The van der Waals surface area contributed by atoms with E-state index in [1.807, 2.05) is 4.90 Å². The van der Waals surface area contributed by atoms with Gasteiger partial charge in [-0.15, -0.1) is 0 Å². The molecule has 2 heterocycles. The van der Waals surface area contributed by atoms with E-state index in [0.29, 0.717) is 42.0 Å². The lowest BCUT2D eigenvalue weighted by atomic mass is 10.2. The second kappa shape index (κ2) is 10.2. The average molecular weight is 456 g/mol. The number of anilines is 2. The first-order chi connectivity index (χ1) is 14.4.